The number of hydrogen-bond donors (Lipinski definition) is 1. The van der Waals surface area contributed by atoms with Crippen molar-refractivity contribution in [1.82, 2.24) is 0 Å². The Morgan fingerprint density at radius 1 is 1.42 bits per heavy atom. The SMILES string of the molecule is CC(=O)/C=C/C1=CC(O)[C@]2(C(C)C)C[C@@H](O[Si](C)(C)C(C)(C)C)[C@@]1(C)O2. The highest BCUT2D eigenvalue weighted by Gasteiger charge is 2.63. The monoisotopic (exact) mass is 380 g/mol. The van der Waals surface area contributed by atoms with Crippen molar-refractivity contribution in [2.45, 2.75) is 96.4 Å². The predicted octanol–water partition coefficient (Wildman–Crippen LogP) is 4.40. The molecule has 4 atom stereocenters. The Morgan fingerprint density at radius 3 is 2.46 bits per heavy atom. The lowest BCUT2D eigenvalue weighted by molar-refractivity contribution is -0.163. The minimum absolute atomic E-state index is 0.0236. The van der Waals surface area contributed by atoms with Crippen molar-refractivity contribution < 1.29 is 19.1 Å². The molecule has 2 bridgehead atoms. The summed E-state index contributed by atoms with van der Waals surface area (Å²) < 4.78 is 13.4. The molecule has 1 fully saturated rings. The first-order valence-electron chi connectivity index (χ1n) is 9.63. The van der Waals surface area contributed by atoms with Gasteiger partial charge in [0.05, 0.1) is 6.10 Å². The maximum absolute atomic E-state index is 11.4. The Kier molecular flexibility index (Phi) is 5.55. The zero-order valence-corrected chi connectivity index (χ0v) is 18.8. The summed E-state index contributed by atoms with van der Waals surface area (Å²) in [6.45, 7) is 18.9. The first-order valence-corrected chi connectivity index (χ1v) is 12.5. The Bertz CT molecular complexity index is 628. The molecule has 0 spiro atoms. The van der Waals surface area contributed by atoms with Gasteiger partial charge in [-0.2, -0.15) is 0 Å². The highest BCUT2D eigenvalue weighted by Crippen LogP contribution is 2.54. The zero-order chi connectivity index (χ0) is 20.1. The van der Waals surface area contributed by atoms with Crippen LogP contribution in [0.1, 0.15) is 54.9 Å². The van der Waals surface area contributed by atoms with Crippen LogP contribution >= 0.6 is 0 Å². The molecule has 2 aliphatic heterocycles. The molecule has 148 valence electrons. The third kappa shape index (κ3) is 3.51. The van der Waals surface area contributed by atoms with Gasteiger partial charge in [-0.1, -0.05) is 40.7 Å². The van der Waals surface area contributed by atoms with E-state index in [9.17, 15) is 9.90 Å². The molecule has 2 heterocycles. The number of carbonyl (C=O) groups is 1. The lowest BCUT2D eigenvalue weighted by Gasteiger charge is -2.45. The first kappa shape index (κ1) is 21.5. The molecule has 0 saturated carbocycles. The van der Waals surface area contributed by atoms with Crippen LogP contribution in [0.3, 0.4) is 0 Å². The van der Waals surface area contributed by atoms with E-state index in [1.54, 1.807) is 6.08 Å². The van der Waals surface area contributed by atoms with E-state index >= 15 is 0 Å². The second-order valence-electron chi connectivity index (χ2n) is 9.90. The molecular formula is C21H36O4Si. The number of aliphatic hydroxyl groups is 1. The van der Waals surface area contributed by atoms with Gasteiger partial charge in [-0.05, 0) is 55.6 Å². The normalized spacial score (nSPS) is 35.3. The first-order chi connectivity index (χ1) is 11.7. The van der Waals surface area contributed by atoms with Crippen molar-refractivity contribution in [2.24, 2.45) is 5.92 Å². The van der Waals surface area contributed by atoms with Crippen LogP contribution in [0.4, 0.5) is 0 Å². The minimum atomic E-state index is -2.02. The van der Waals surface area contributed by atoms with Gasteiger partial charge in [0.2, 0.25) is 0 Å². The highest BCUT2D eigenvalue weighted by atomic mass is 28.4. The summed E-state index contributed by atoms with van der Waals surface area (Å²) in [5.74, 6) is 0.129. The topological polar surface area (TPSA) is 55.8 Å². The van der Waals surface area contributed by atoms with Gasteiger partial charge in [-0.15, -0.1) is 0 Å². The van der Waals surface area contributed by atoms with E-state index in [2.05, 4.69) is 47.7 Å². The van der Waals surface area contributed by atoms with Crippen molar-refractivity contribution in [3.05, 3.63) is 23.8 Å². The fourth-order valence-corrected chi connectivity index (χ4v) is 5.07. The van der Waals surface area contributed by atoms with Gasteiger partial charge in [0.1, 0.15) is 17.3 Å². The summed E-state index contributed by atoms with van der Waals surface area (Å²) in [4.78, 5) is 11.4. The molecule has 0 radical (unpaired) electrons. The molecule has 4 nitrogen and oxygen atoms in total. The molecular weight excluding hydrogens is 344 g/mol. The van der Waals surface area contributed by atoms with Gasteiger partial charge in [0.25, 0.3) is 0 Å². The maximum Gasteiger partial charge on any atom is 0.192 e. The van der Waals surface area contributed by atoms with Crippen LogP contribution in [0, 0.1) is 5.92 Å². The molecule has 1 saturated heterocycles. The Balaban J connectivity index is 2.49. The van der Waals surface area contributed by atoms with Crippen LogP contribution in [0.5, 0.6) is 0 Å². The van der Waals surface area contributed by atoms with E-state index in [0.717, 1.165) is 5.57 Å². The summed E-state index contributed by atoms with van der Waals surface area (Å²) in [6.07, 6.45) is 4.97. The van der Waals surface area contributed by atoms with Crippen LogP contribution in [0.15, 0.2) is 23.8 Å². The molecule has 0 amide bonds. The Morgan fingerprint density at radius 2 is 2.00 bits per heavy atom. The number of hydrogen-bond acceptors (Lipinski definition) is 4. The van der Waals surface area contributed by atoms with E-state index in [0.29, 0.717) is 6.42 Å². The van der Waals surface area contributed by atoms with E-state index < -0.39 is 25.6 Å². The largest absolute Gasteiger partial charge is 0.411 e. The van der Waals surface area contributed by atoms with Gasteiger partial charge in [-0.3, -0.25) is 4.79 Å². The number of allylic oxidation sites excluding steroid dienone is 1. The average Bonchev–Trinajstić information content (AvgIpc) is 2.72. The molecule has 26 heavy (non-hydrogen) atoms. The standard InChI is InChI=1S/C21H36O4Si/c1-14(2)21-13-18(24-26(8,9)19(4,5)6)20(7,25-21)16(12-17(21)23)11-10-15(3)22/h10-12,14,17-18,23H,13H2,1-9H3/b11-10+/t17?,18-,20+,21-/m1/s1. The summed E-state index contributed by atoms with van der Waals surface area (Å²) >= 11 is 0. The van der Waals surface area contributed by atoms with Crippen molar-refractivity contribution in [3.8, 4) is 0 Å². The van der Waals surface area contributed by atoms with E-state index in [1.807, 2.05) is 13.0 Å². The van der Waals surface area contributed by atoms with Crippen LogP contribution < -0.4 is 0 Å². The summed E-state index contributed by atoms with van der Waals surface area (Å²) in [5.41, 5.74) is -0.474. The van der Waals surface area contributed by atoms with E-state index in [-0.39, 0.29) is 22.8 Å². The van der Waals surface area contributed by atoms with Gasteiger partial charge in [0, 0.05) is 6.42 Å². The average molecular weight is 381 g/mol. The van der Waals surface area contributed by atoms with Gasteiger partial charge in [0.15, 0.2) is 14.1 Å². The summed E-state index contributed by atoms with van der Waals surface area (Å²) in [5, 5.41) is 11.0. The number of aliphatic hydroxyl groups excluding tert-OH is 1. The molecule has 2 rings (SSSR count). The van der Waals surface area contributed by atoms with Crippen molar-refractivity contribution in [3.63, 3.8) is 0 Å². The molecule has 0 aromatic rings. The van der Waals surface area contributed by atoms with E-state index in [4.69, 9.17) is 9.16 Å². The summed E-state index contributed by atoms with van der Waals surface area (Å²) in [6, 6.07) is 0. The second kappa shape index (κ2) is 6.69. The smallest absolute Gasteiger partial charge is 0.192 e. The predicted molar refractivity (Wildman–Crippen MR) is 108 cm³/mol. The molecule has 5 heteroatoms. The van der Waals surface area contributed by atoms with Crippen molar-refractivity contribution >= 4 is 14.1 Å². The highest BCUT2D eigenvalue weighted by molar-refractivity contribution is 6.74. The van der Waals surface area contributed by atoms with Crippen molar-refractivity contribution in [1.29, 1.82) is 0 Å². The number of carbonyl (C=O) groups excluding carboxylic acids is 1. The molecule has 1 unspecified atom stereocenters. The van der Waals surface area contributed by atoms with E-state index in [1.165, 1.54) is 13.0 Å². The number of fused-ring (bicyclic) bond motifs is 2. The number of ketones is 1. The molecule has 2 aliphatic rings. The Hall–Kier alpha value is -0.753. The fraction of sp³-hybridized carbons (Fsp3) is 0.762. The van der Waals surface area contributed by atoms with Crippen molar-refractivity contribution in [2.75, 3.05) is 0 Å². The summed E-state index contributed by atoms with van der Waals surface area (Å²) in [7, 11) is -2.02. The van der Waals surface area contributed by atoms with Crippen LogP contribution in [-0.2, 0) is 14.0 Å². The zero-order valence-electron chi connectivity index (χ0n) is 17.8. The van der Waals surface area contributed by atoms with Crippen LogP contribution in [0.2, 0.25) is 18.1 Å². The molecule has 0 aliphatic carbocycles. The lowest BCUT2D eigenvalue weighted by atomic mass is 9.82. The third-order valence-corrected chi connectivity index (χ3v) is 11.1. The number of rotatable bonds is 5. The Labute approximate surface area is 159 Å². The second-order valence-corrected chi connectivity index (χ2v) is 14.7. The van der Waals surface area contributed by atoms with Gasteiger partial charge >= 0.3 is 0 Å². The quantitative estimate of drug-likeness (QED) is 0.567. The molecule has 0 aromatic heterocycles. The van der Waals surface area contributed by atoms with Gasteiger partial charge < -0.3 is 14.3 Å². The fourth-order valence-electron chi connectivity index (χ4n) is 3.70. The minimum Gasteiger partial charge on any atom is -0.411 e. The maximum atomic E-state index is 11.4. The molecule has 1 N–H and O–H groups in total. The lowest BCUT2D eigenvalue weighted by Crippen LogP contribution is -2.52. The van der Waals surface area contributed by atoms with Gasteiger partial charge in [-0.25, -0.2) is 0 Å². The third-order valence-electron chi connectivity index (χ3n) is 6.65. The van der Waals surface area contributed by atoms with Crippen LogP contribution in [0.25, 0.3) is 0 Å². The number of ether oxygens (including phenoxy) is 1. The van der Waals surface area contributed by atoms with Crippen LogP contribution in [-0.4, -0.2) is 42.6 Å². The molecule has 0 aromatic carbocycles.